The van der Waals surface area contributed by atoms with Gasteiger partial charge in [0.1, 0.15) is 18.2 Å². The van der Waals surface area contributed by atoms with Gasteiger partial charge in [-0.15, -0.1) is 0 Å². The van der Waals surface area contributed by atoms with Gasteiger partial charge in [0.2, 0.25) is 0 Å². The molecule has 0 spiro atoms. The molecule has 1 heterocycles. The fourth-order valence-corrected chi connectivity index (χ4v) is 3.06. The Balaban J connectivity index is 1.80. The highest BCUT2D eigenvalue weighted by Crippen LogP contribution is 2.24. The van der Waals surface area contributed by atoms with Crippen LogP contribution in [0.4, 0.5) is 4.39 Å². The zero-order valence-electron chi connectivity index (χ0n) is 16.6. The van der Waals surface area contributed by atoms with E-state index in [1.165, 1.54) is 13.2 Å². The lowest BCUT2D eigenvalue weighted by atomic mass is 10.1. The molecule has 0 saturated carbocycles. The van der Waals surface area contributed by atoms with Gasteiger partial charge < -0.3 is 19.4 Å². The third-order valence-corrected chi connectivity index (χ3v) is 4.50. The number of hydrogen-bond acceptors (Lipinski definition) is 4. The number of aromatic nitrogens is 1. The highest BCUT2D eigenvalue weighted by molar-refractivity contribution is 6.04. The molecule has 154 valence electrons. The Labute approximate surface area is 174 Å². The number of para-hydroxylation sites is 2. The predicted octanol–water partition coefficient (Wildman–Crippen LogP) is 3.53. The second kappa shape index (κ2) is 10.2. The van der Waals surface area contributed by atoms with Crippen LogP contribution in [0.2, 0.25) is 0 Å². The molecule has 0 aliphatic carbocycles. The third-order valence-electron chi connectivity index (χ3n) is 4.50. The normalized spacial score (nSPS) is 11.3. The van der Waals surface area contributed by atoms with Gasteiger partial charge in [0.15, 0.2) is 11.6 Å². The first-order valence-electron chi connectivity index (χ1n) is 9.48. The van der Waals surface area contributed by atoms with Crippen molar-refractivity contribution in [3.8, 4) is 11.8 Å². The molecule has 0 saturated heterocycles. The van der Waals surface area contributed by atoms with Crippen molar-refractivity contribution in [3.05, 3.63) is 71.7 Å². The molecule has 7 heteroatoms. The number of carbonyl (C=O) groups is 1. The van der Waals surface area contributed by atoms with Crippen molar-refractivity contribution >= 4 is 22.9 Å². The first-order valence-corrected chi connectivity index (χ1v) is 9.48. The van der Waals surface area contributed by atoms with Gasteiger partial charge in [0.25, 0.3) is 5.91 Å². The predicted molar refractivity (Wildman–Crippen MR) is 112 cm³/mol. The van der Waals surface area contributed by atoms with E-state index in [9.17, 15) is 14.4 Å². The summed E-state index contributed by atoms with van der Waals surface area (Å²) >= 11 is 0. The molecule has 6 nitrogen and oxygen atoms in total. The summed E-state index contributed by atoms with van der Waals surface area (Å²) in [6.45, 7) is 1.44. The van der Waals surface area contributed by atoms with Crippen LogP contribution in [0.25, 0.3) is 17.0 Å². The summed E-state index contributed by atoms with van der Waals surface area (Å²) in [6.07, 6.45) is 3.42. The second-order valence-corrected chi connectivity index (χ2v) is 6.49. The van der Waals surface area contributed by atoms with Crippen LogP contribution in [-0.4, -0.2) is 37.3 Å². The summed E-state index contributed by atoms with van der Waals surface area (Å²) in [6, 6.07) is 15.9. The summed E-state index contributed by atoms with van der Waals surface area (Å²) in [4.78, 5) is 12.2. The molecule has 1 aromatic heterocycles. The van der Waals surface area contributed by atoms with Crippen molar-refractivity contribution in [2.75, 3.05) is 26.9 Å². The van der Waals surface area contributed by atoms with Crippen molar-refractivity contribution in [1.29, 1.82) is 5.26 Å². The Morgan fingerprint density at radius 3 is 2.73 bits per heavy atom. The Morgan fingerprint density at radius 2 is 1.97 bits per heavy atom. The average molecular weight is 407 g/mol. The average Bonchev–Trinajstić information content (AvgIpc) is 3.11. The molecule has 3 aromatic rings. The topological polar surface area (TPSA) is 76.3 Å². The number of hydrogen-bond donors (Lipinski definition) is 1. The number of nitrogens with one attached hydrogen (secondary N) is 1. The fraction of sp³-hybridized carbons (Fsp3) is 0.217. The second-order valence-electron chi connectivity index (χ2n) is 6.49. The maximum atomic E-state index is 13.7. The number of benzene rings is 2. The SMILES string of the molecule is COCCNC(=O)/C(C#N)=C/c1cn(CCOc2ccccc2F)c2ccccc12. The van der Waals surface area contributed by atoms with Crippen molar-refractivity contribution in [2.45, 2.75) is 6.54 Å². The van der Waals surface area contributed by atoms with Crippen LogP contribution in [0.1, 0.15) is 5.56 Å². The molecule has 0 atom stereocenters. The lowest BCUT2D eigenvalue weighted by Crippen LogP contribution is -2.27. The highest BCUT2D eigenvalue weighted by Gasteiger charge is 2.12. The molecule has 30 heavy (non-hydrogen) atoms. The lowest BCUT2D eigenvalue weighted by molar-refractivity contribution is -0.117. The van der Waals surface area contributed by atoms with E-state index >= 15 is 0 Å². The van der Waals surface area contributed by atoms with Crippen LogP contribution in [0.15, 0.2) is 60.3 Å². The molecule has 2 aromatic carbocycles. The number of nitrogens with zero attached hydrogens (tertiary/aromatic N) is 2. The van der Waals surface area contributed by atoms with Crippen LogP contribution in [0, 0.1) is 17.1 Å². The maximum absolute atomic E-state index is 13.7. The number of halogens is 1. The Kier molecular flexibility index (Phi) is 7.19. The molecule has 3 rings (SSSR count). The van der Waals surface area contributed by atoms with Gasteiger partial charge in [-0.25, -0.2) is 4.39 Å². The van der Waals surface area contributed by atoms with Crippen molar-refractivity contribution in [2.24, 2.45) is 0 Å². The molecular formula is C23H22FN3O3. The van der Waals surface area contributed by atoms with E-state index in [-0.39, 0.29) is 17.9 Å². The first kappa shape index (κ1) is 21.1. The third kappa shape index (κ3) is 5.04. The number of carbonyl (C=O) groups excluding carboxylic acids is 1. The van der Waals surface area contributed by atoms with Gasteiger partial charge in [-0.2, -0.15) is 5.26 Å². The fourth-order valence-electron chi connectivity index (χ4n) is 3.06. The molecule has 1 amide bonds. The Bertz CT molecular complexity index is 1100. The molecule has 0 fully saturated rings. The molecule has 0 unspecified atom stereocenters. The van der Waals surface area contributed by atoms with E-state index < -0.39 is 11.7 Å². The Hall–Kier alpha value is -3.63. The van der Waals surface area contributed by atoms with Gasteiger partial charge in [0.05, 0.1) is 13.2 Å². The van der Waals surface area contributed by atoms with Crippen LogP contribution in [0.5, 0.6) is 5.75 Å². The number of fused-ring (bicyclic) bond motifs is 1. The van der Waals surface area contributed by atoms with Gasteiger partial charge in [0, 0.05) is 36.3 Å². The van der Waals surface area contributed by atoms with E-state index in [1.807, 2.05) is 41.1 Å². The van der Waals surface area contributed by atoms with Gasteiger partial charge >= 0.3 is 0 Å². The van der Waals surface area contributed by atoms with Crippen LogP contribution in [-0.2, 0) is 16.1 Å². The van der Waals surface area contributed by atoms with Crippen LogP contribution in [0.3, 0.4) is 0 Å². The van der Waals surface area contributed by atoms with Crippen molar-refractivity contribution in [3.63, 3.8) is 0 Å². The van der Waals surface area contributed by atoms with Gasteiger partial charge in [-0.3, -0.25) is 4.79 Å². The molecular weight excluding hydrogens is 385 g/mol. The summed E-state index contributed by atoms with van der Waals surface area (Å²) < 4.78 is 26.1. The zero-order valence-corrected chi connectivity index (χ0v) is 16.6. The summed E-state index contributed by atoms with van der Waals surface area (Å²) in [5.74, 6) is -0.653. The minimum absolute atomic E-state index is 0.0108. The largest absolute Gasteiger partial charge is 0.489 e. The summed E-state index contributed by atoms with van der Waals surface area (Å²) in [5.41, 5.74) is 1.68. The van der Waals surface area contributed by atoms with E-state index in [2.05, 4.69) is 5.32 Å². The zero-order chi connectivity index (χ0) is 21.3. The van der Waals surface area contributed by atoms with E-state index in [0.29, 0.717) is 19.7 Å². The lowest BCUT2D eigenvalue weighted by Gasteiger charge is -2.08. The highest BCUT2D eigenvalue weighted by atomic mass is 19.1. The molecule has 1 N–H and O–H groups in total. The van der Waals surface area contributed by atoms with E-state index in [0.717, 1.165) is 16.5 Å². The summed E-state index contributed by atoms with van der Waals surface area (Å²) in [7, 11) is 1.54. The Morgan fingerprint density at radius 1 is 1.20 bits per heavy atom. The molecule has 0 radical (unpaired) electrons. The van der Waals surface area contributed by atoms with Crippen molar-refractivity contribution < 1.29 is 18.7 Å². The quantitative estimate of drug-likeness (QED) is 0.334. The number of ether oxygens (including phenoxy) is 2. The van der Waals surface area contributed by atoms with Gasteiger partial charge in [-0.1, -0.05) is 30.3 Å². The van der Waals surface area contributed by atoms with E-state index in [4.69, 9.17) is 9.47 Å². The molecule has 0 aliphatic rings. The number of rotatable bonds is 9. The maximum Gasteiger partial charge on any atom is 0.262 e. The minimum atomic E-state index is -0.450. The summed E-state index contributed by atoms with van der Waals surface area (Å²) in [5, 5.41) is 13.0. The number of methoxy groups -OCH3 is 1. The van der Waals surface area contributed by atoms with Gasteiger partial charge in [-0.05, 0) is 24.3 Å². The molecule has 0 aliphatic heterocycles. The monoisotopic (exact) mass is 407 g/mol. The minimum Gasteiger partial charge on any atom is -0.489 e. The smallest absolute Gasteiger partial charge is 0.262 e. The molecule has 0 bridgehead atoms. The van der Waals surface area contributed by atoms with Crippen LogP contribution < -0.4 is 10.1 Å². The van der Waals surface area contributed by atoms with Crippen molar-refractivity contribution in [1.82, 2.24) is 9.88 Å². The standard InChI is InChI=1S/C23H22FN3O3/c1-29-12-10-26-23(28)17(15-25)14-18-16-27(21-8-4-2-6-19(18)21)11-13-30-22-9-5-3-7-20(22)24/h2-9,14,16H,10-13H2,1H3,(H,26,28)/b17-14+. The van der Waals surface area contributed by atoms with Crippen LogP contribution >= 0.6 is 0 Å². The number of amides is 1. The van der Waals surface area contributed by atoms with E-state index in [1.54, 1.807) is 24.3 Å². The number of nitriles is 1. The first-order chi connectivity index (χ1) is 14.6.